The van der Waals surface area contributed by atoms with Crippen molar-refractivity contribution in [3.63, 3.8) is 0 Å². The van der Waals surface area contributed by atoms with Crippen LogP contribution in [0, 0.1) is 5.92 Å². The van der Waals surface area contributed by atoms with Gasteiger partial charge in [-0.25, -0.2) is 0 Å². The number of hydrogen-bond donors (Lipinski definition) is 2. The van der Waals surface area contributed by atoms with E-state index in [1.165, 1.54) is 11.1 Å². The molecule has 0 radical (unpaired) electrons. The first-order valence-electron chi connectivity index (χ1n) is 6.26. The van der Waals surface area contributed by atoms with Gasteiger partial charge in [-0.15, -0.1) is 0 Å². The fourth-order valence-corrected chi connectivity index (χ4v) is 1.76. The van der Waals surface area contributed by atoms with Crippen LogP contribution in [0.4, 0.5) is 0 Å². The van der Waals surface area contributed by atoms with E-state index in [0.29, 0.717) is 18.7 Å². The van der Waals surface area contributed by atoms with Crippen LogP contribution in [-0.4, -0.2) is 6.29 Å². The lowest BCUT2D eigenvalue weighted by Gasteiger charge is -2.10. The molecule has 18 heavy (non-hydrogen) atoms. The highest BCUT2D eigenvalue weighted by atomic mass is 16.1. The summed E-state index contributed by atoms with van der Waals surface area (Å²) in [4.78, 5) is 10.5. The molecular weight excluding hydrogens is 224 g/mol. The second-order valence-electron chi connectivity index (χ2n) is 4.97. The topological polar surface area (TPSA) is 55.1 Å². The van der Waals surface area contributed by atoms with Gasteiger partial charge in [-0.3, -0.25) is 4.79 Å². The number of carbonyl (C=O) groups excluding carboxylic acids is 1. The minimum Gasteiger partial charge on any atom is -0.395 e. The normalized spacial score (nSPS) is 12.2. The average Bonchev–Trinajstić information content (AvgIpc) is 2.34. The molecule has 0 heterocycles. The Morgan fingerprint density at radius 1 is 1.39 bits per heavy atom. The summed E-state index contributed by atoms with van der Waals surface area (Å²) in [5.41, 5.74) is 9.05. The maximum atomic E-state index is 10.5. The molecule has 3 N–H and O–H groups in total. The zero-order valence-electron chi connectivity index (χ0n) is 11.4. The van der Waals surface area contributed by atoms with Crippen molar-refractivity contribution in [2.75, 3.05) is 0 Å². The number of nitrogens with two attached hydrogens (primary N) is 1. The van der Waals surface area contributed by atoms with Crippen molar-refractivity contribution in [3.8, 4) is 0 Å². The van der Waals surface area contributed by atoms with Gasteiger partial charge in [0.1, 0.15) is 0 Å². The molecule has 0 atom stereocenters. The molecule has 0 fully saturated rings. The van der Waals surface area contributed by atoms with Gasteiger partial charge in [-0.2, -0.15) is 0 Å². The van der Waals surface area contributed by atoms with Gasteiger partial charge < -0.3 is 11.1 Å². The van der Waals surface area contributed by atoms with Crippen LogP contribution in [0.5, 0.6) is 0 Å². The highest BCUT2D eigenvalue weighted by Crippen LogP contribution is 2.11. The second kappa shape index (κ2) is 6.84. The third kappa shape index (κ3) is 4.62. The van der Waals surface area contributed by atoms with E-state index < -0.39 is 0 Å². The zero-order chi connectivity index (χ0) is 13.5. The van der Waals surface area contributed by atoms with Crippen LogP contribution in [0.1, 0.15) is 31.9 Å². The molecule has 0 saturated carbocycles. The molecule has 98 valence electrons. The Morgan fingerprint density at radius 3 is 2.67 bits per heavy atom. The lowest BCUT2D eigenvalue weighted by molar-refractivity contribution is -0.105. The van der Waals surface area contributed by atoms with Gasteiger partial charge in [-0.05, 0) is 30.4 Å². The van der Waals surface area contributed by atoms with E-state index in [4.69, 9.17) is 5.73 Å². The van der Waals surface area contributed by atoms with Crippen molar-refractivity contribution in [2.24, 2.45) is 11.7 Å². The molecule has 0 unspecified atom stereocenters. The highest BCUT2D eigenvalue weighted by Gasteiger charge is 2.00. The molecule has 3 nitrogen and oxygen atoms in total. The first kappa shape index (κ1) is 14.3. The Balaban J connectivity index is 2.65. The van der Waals surface area contributed by atoms with E-state index in [1.807, 2.05) is 6.92 Å². The van der Waals surface area contributed by atoms with E-state index >= 15 is 0 Å². The van der Waals surface area contributed by atoms with Gasteiger partial charge in [-0.1, -0.05) is 38.1 Å². The number of nitrogens with one attached hydrogen (secondary N) is 1. The minimum absolute atomic E-state index is 0.258. The SMILES string of the molecule is C/C(NCc1cccc(CC(C)C)c1)=C(/N)C=O. The third-order valence-electron chi connectivity index (χ3n) is 2.75. The number of benzene rings is 1. The molecule has 0 amide bonds. The molecular formula is C15H22N2O. The van der Waals surface area contributed by atoms with E-state index in [-0.39, 0.29) is 5.70 Å². The van der Waals surface area contributed by atoms with Crippen molar-refractivity contribution < 1.29 is 4.79 Å². The second-order valence-corrected chi connectivity index (χ2v) is 4.97. The number of carbonyl (C=O) groups is 1. The van der Waals surface area contributed by atoms with E-state index in [0.717, 1.165) is 12.1 Å². The van der Waals surface area contributed by atoms with Crippen LogP contribution in [0.3, 0.4) is 0 Å². The summed E-state index contributed by atoms with van der Waals surface area (Å²) in [7, 11) is 0. The predicted octanol–water partition coefficient (Wildman–Crippen LogP) is 2.36. The number of rotatable bonds is 6. The van der Waals surface area contributed by atoms with Crippen LogP contribution in [0.25, 0.3) is 0 Å². The van der Waals surface area contributed by atoms with Crippen molar-refractivity contribution >= 4 is 6.29 Å². The van der Waals surface area contributed by atoms with Crippen LogP contribution in [-0.2, 0) is 17.8 Å². The number of aldehydes is 1. The molecule has 1 aromatic rings. The Bertz CT molecular complexity index is 436. The van der Waals surface area contributed by atoms with Crippen LogP contribution in [0.2, 0.25) is 0 Å². The predicted molar refractivity (Wildman–Crippen MR) is 74.8 cm³/mol. The van der Waals surface area contributed by atoms with Crippen LogP contribution >= 0.6 is 0 Å². The molecule has 0 aromatic heterocycles. The number of hydrogen-bond acceptors (Lipinski definition) is 3. The van der Waals surface area contributed by atoms with Gasteiger partial charge in [0.05, 0.1) is 5.70 Å². The molecule has 3 heteroatoms. The molecule has 0 aliphatic heterocycles. The number of allylic oxidation sites excluding steroid dienone is 2. The maximum absolute atomic E-state index is 10.5. The third-order valence-corrected chi connectivity index (χ3v) is 2.75. The van der Waals surface area contributed by atoms with Gasteiger partial charge in [0.2, 0.25) is 0 Å². The zero-order valence-corrected chi connectivity index (χ0v) is 11.4. The highest BCUT2D eigenvalue weighted by molar-refractivity contribution is 5.72. The minimum atomic E-state index is 0.258. The molecule has 0 bridgehead atoms. The van der Waals surface area contributed by atoms with Crippen LogP contribution < -0.4 is 11.1 Å². The first-order chi connectivity index (χ1) is 8.52. The first-order valence-corrected chi connectivity index (χ1v) is 6.26. The Morgan fingerprint density at radius 2 is 2.06 bits per heavy atom. The molecule has 1 aromatic carbocycles. The molecule has 0 saturated heterocycles. The van der Waals surface area contributed by atoms with Crippen molar-refractivity contribution in [2.45, 2.75) is 33.7 Å². The molecule has 1 rings (SSSR count). The lowest BCUT2D eigenvalue weighted by atomic mass is 10.0. The Kier molecular flexibility index (Phi) is 5.43. The van der Waals surface area contributed by atoms with Gasteiger partial charge in [0.15, 0.2) is 6.29 Å². The van der Waals surface area contributed by atoms with Crippen LogP contribution in [0.15, 0.2) is 35.7 Å². The van der Waals surface area contributed by atoms with E-state index in [1.54, 1.807) is 0 Å². The molecule has 0 spiro atoms. The summed E-state index contributed by atoms with van der Waals surface area (Å²) in [5.74, 6) is 0.653. The Labute approximate surface area is 109 Å². The summed E-state index contributed by atoms with van der Waals surface area (Å²) >= 11 is 0. The maximum Gasteiger partial charge on any atom is 0.167 e. The lowest BCUT2D eigenvalue weighted by Crippen LogP contribution is -2.16. The molecule has 0 aliphatic carbocycles. The summed E-state index contributed by atoms with van der Waals surface area (Å²) in [6.45, 7) is 6.92. The Hall–Kier alpha value is -1.77. The standard InChI is InChI=1S/C15H22N2O/c1-11(2)7-13-5-4-6-14(8-13)9-17-12(3)15(16)10-18/h4-6,8,10-11,17H,7,9,16H2,1-3H3/b15-12-. The summed E-state index contributed by atoms with van der Waals surface area (Å²) < 4.78 is 0. The van der Waals surface area contributed by atoms with Gasteiger partial charge in [0, 0.05) is 12.2 Å². The average molecular weight is 246 g/mol. The molecule has 0 aliphatic rings. The summed E-state index contributed by atoms with van der Waals surface area (Å²) in [6.07, 6.45) is 1.75. The fraction of sp³-hybridized carbons (Fsp3) is 0.400. The monoisotopic (exact) mass is 246 g/mol. The van der Waals surface area contributed by atoms with Crippen molar-refractivity contribution in [1.29, 1.82) is 0 Å². The summed E-state index contributed by atoms with van der Waals surface area (Å²) in [5, 5.41) is 3.15. The van der Waals surface area contributed by atoms with Gasteiger partial charge in [0.25, 0.3) is 0 Å². The van der Waals surface area contributed by atoms with E-state index in [2.05, 4.69) is 43.4 Å². The summed E-state index contributed by atoms with van der Waals surface area (Å²) in [6, 6.07) is 8.47. The largest absolute Gasteiger partial charge is 0.395 e. The quantitative estimate of drug-likeness (QED) is 0.598. The smallest absolute Gasteiger partial charge is 0.167 e. The van der Waals surface area contributed by atoms with Gasteiger partial charge >= 0.3 is 0 Å². The van der Waals surface area contributed by atoms with E-state index in [9.17, 15) is 4.79 Å². The van der Waals surface area contributed by atoms with Crippen molar-refractivity contribution in [1.82, 2.24) is 5.32 Å². The van der Waals surface area contributed by atoms with Crippen molar-refractivity contribution in [3.05, 3.63) is 46.8 Å². The fourth-order valence-electron chi connectivity index (χ4n) is 1.76.